The van der Waals surface area contributed by atoms with Crippen molar-refractivity contribution in [2.45, 2.75) is 6.92 Å². The van der Waals surface area contributed by atoms with E-state index in [1.165, 1.54) is 5.01 Å². The van der Waals surface area contributed by atoms with Gasteiger partial charge in [0.1, 0.15) is 5.84 Å². The fourth-order valence-electron chi connectivity index (χ4n) is 1.07. The number of amidine groups is 1. The standard InChI is InChI=1S/C12H15N3/c1-3-4-10-14-15(2)12(13)11-8-6-5-7-9-11/h3-10,13H,1-2H3. The fourth-order valence-corrected chi connectivity index (χ4v) is 1.07. The lowest BCUT2D eigenvalue weighted by Crippen LogP contribution is -2.21. The molecule has 0 aliphatic heterocycles. The lowest BCUT2D eigenvalue weighted by Gasteiger charge is -2.13. The number of rotatable bonds is 3. The summed E-state index contributed by atoms with van der Waals surface area (Å²) in [5.74, 6) is 0.386. The lowest BCUT2D eigenvalue weighted by atomic mass is 10.2. The van der Waals surface area contributed by atoms with Gasteiger partial charge >= 0.3 is 0 Å². The molecule has 78 valence electrons. The van der Waals surface area contributed by atoms with E-state index < -0.39 is 0 Å². The largest absolute Gasteiger partial charge is 0.283 e. The van der Waals surface area contributed by atoms with Gasteiger partial charge in [-0.3, -0.25) is 10.4 Å². The van der Waals surface area contributed by atoms with Gasteiger partial charge in [0.05, 0.1) is 0 Å². The Balaban J connectivity index is 2.69. The van der Waals surface area contributed by atoms with Gasteiger partial charge in [-0.2, -0.15) is 5.10 Å². The van der Waals surface area contributed by atoms with Gasteiger partial charge in [0.15, 0.2) is 0 Å². The molecule has 0 saturated heterocycles. The molecule has 3 heteroatoms. The maximum atomic E-state index is 7.86. The molecule has 0 aliphatic rings. The first-order chi connectivity index (χ1) is 7.25. The van der Waals surface area contributed by atoms with E-state index >= 15 is 0 Å². The molecule has 1 aromatic rings. The third-order valence-corrected chi connectivity index (χ3v) is 1.89. The van der Waals surface area contributed by atoms with Crippen molar-refractivity contribution in [3.8, 4) is 0 Å². The van der Waals surface area contributed by atoms with Crippen molar-refractivity contribution in [2.75, 3.05) is 7.05 Å². The smallest absolute Gasteiger partial charge is 0.148 e. The first-order valence-corrected chi connectivity index (χ1v) is 4.78. The van der Waals surface area contributed by atoms with Crippen molar-refractivity contribution < 1.29 is 0 Å². The van der Waals surface area contributed by atoms with E-state index in [1.54, 1.807) is 13.3 Å². The van der Waals surface area contributed by atoms with Gasteiger partial charge in [0, 0.05) is 18.8 Å². The average Bonchev–Trinajstić information content (AvgIpc) is 2.29. The first-order valence-electron chi connectivity index (χ1n) is 4.78. The van der Waals surface area contributed by atoms with Crippen LogP contribution in [0.15, 0.2) is 47.6 Å². The van der Waals surface area contributed by atoms with Crippen molar-refractivity contribution in [3.63, 3.8) is 0 Å². The molecule has 0 bridgehead atoms. The Morgan fingerprint density at radius 2 is 2.00 bits per heavy atom. The summed E-state index contributed by atoms with van der Waals surface area (Å²) in [7, 11) is 1.76. The van der Waals surface area contributed by atoms with E-state index in [1.807, 2.05) is 49.4 Å². The zero-order chi connectivity index (χ0) is 11.1. The van der Waals surface area contributed by atoms with E-state index in [9.17, 15) is 0 Å². The molecule has 1 aromatic carbocycles. The molecule has 0 heterocycles. The average molecular weight is 201 g/mol. The predicted octanol–water partition coefficient (Wildman–Crippen LogP) is 2.51. The molecule has 0 fully saturated rings. The molecule has 0 aliphatic carbocycles. The van der Waals surface area contributed by atoms with Crippen LogP contribution >= 0.6 is 0 Å². The zero-order valence-electron chi connectivity index (χ0n) is 9.01. The number of allylic oxidation sites excluding steroid dienone is 2. The highest BCUT2D eigenvalue weighted by Crippen LogP contribution is 2.02. The Hall–Kier alpha value is -1.90. The quantitative estimate of drug-likeness (QED) is 0.455. The predicted molar refractivity (Wildman–Crippen MR) is 64.3 cm³/mol. The Labute approximate surface area is 90.2 Å². The Bertz CT molecular complexity index is 366. The molecule has 0 atom stereocenters. The normalized spacial score (nSPS) is 11.1. The number of nitrogens with one attached hydrogen (secondary N) is 1. The highest BCUT2D eigenvalue weighted by molar-refractivity contribution is 5.96. The van der Waals surface area contributed by atoms with E-state index in [2.05, 4.69) is 5.10 Å². The minimum absolute atomic E-state index is 0.386. The highest BCUT2D eigenvalue weighted by Gasteiger charge is 2.03. The molecular weight excluding hydrogens is 186 g/mol. The molecular formula is C12H15N3. The first kappa shape index (κ1) is 11.2. The minimum Gasteiger partial charge on any atom is -0.283 e. The molecule has 0 radical (unpaired) electrons. The van der Waals surface area contributed by atoms with Crippen LogP contribution in [0, 0.1) is 5.41 Å². The van der Waals surface area contributed by atoms with Gasteiger partial charge in [-0.1, -0.05) is 36.4 Å². The summed E-state index contributed by atoms with van der Waals surface area (Å²) in [5.41, 5.74) is 0.859. The Morgan fingerprint density at radius 3 is 2.60 bits per heavy atom. The third kappa shape index (κ3) is 3.38. The second-order valence-electron chi connectivity index (χ2n) is 3.03. The van der Waals surface area contributed by atoms with Crippen molar-refractivity contribution >= 4 is 12.1 Å². The van der Waals surface area contributed by atoms with E-state index in [0.29, 0.717) is 5.84 Å². The number of nitrogens with zero attached hydrogens (tertiary/aromatic N) is 2. The summed E-state index contributed by atoms with van der Waals surface area (Å²) in [6.07, 6.45) is 5.38. The van der Waals surface area contributed by atoms with Crippen LogP contribution in [0.3, 0.4) is 0 Å². The summed E-state index contributed by atoms with van der Waals surface area (Å²) in [5, 5.41) is 13.5. The second-order valence-corrected chi connectivity index (χ2v) is 3.03. The van der Waals surface area contributed by atoms with Crippen LogP contribution in [0.1, 0.15) is 12.5 Å². The zero-order valence-corrected chi connectivity index (χ0v) is 9.01. The van der Waals surface area contributed by atoms with Crippen LogP contribution in [-0.2, 0) is 0 Å². The molecule has 0 amide bonds. The topological polar surface area (TPSA) is 39.5 Å². The SMILES string of the molecule is CC=CC=NN(C)C(=N)c1ccccc1. The van der Waals surface area contributed by atoms with Crippen LogP contribution in [0.25, 0.3) is 0 Å². The third-order valence-electron chi connectivity index (χ3n) is 1.89. The molecule has 0 unspecified atom stereocenters. The van der Waals surface area contributed by atoms with Crippen LogP contribution in [0.4, 0.5) is 0 Å². The van der Waals surface area contributed by atoms with Crippen molar-refractivity contribution in [3.05, 3.63) is 48.0 Å². The molecule has 0 spiro atoms. The van der Waals surface area contributed by atoms with Gasteiger partial charge in [-0.25, -0.2) is 0 Å². The van der Waals surface area contributed by atoms with Gasteiger partial charge in [-0.05, 0) is 13.0 Å². The summed E-state index contributed by atoms with van der Waals surface area (Å²) >= 11 is 0. The van der Waals surface area contributed by atoms with Crippen LogP contribution < -0.4 is 0 Å². The van der Waals surface area contributed by atoms with Crippen LogP contribution in [0.2, 0.25) is 0 Å². The molecule has 1 N–H and O–H groups in total. The fraction of sp³-hybridized carbons (Fsp3) is 0.167. The van der Waals surface area contributed by atoms with Gasteiger partial charge < -0.3 is 0 Å². The summed E-state index contributed by atoms with van der Waals surface area (Å²) in [6, 6.07) is 9.54. The van der Waals surface area contributed by atoms with Crippen molar-refractivity contribution in [1.82, 2.24) is 5.01 Å². The number of hydrogen-bond donors (Lipinski definition) is 1. The van der Waals surface area contributed by atoms with E-state index in [4.69, 9.17) is 5.41 Å². The Morgan fingerprint density at radius 1 is 1.33 bits per heavy atom. The minimum atomic E-state index is 0.386. The van der Waals surface area contributed by atoms with Crippen molar-refractivity contribution in [1.29, 1.82) is 5.41 Å². The summed E-state index contributed by atoms with van der Waals surface area (Å²) in [6.45, 7) is 1.93. The summed E-state index contributed by atoms with van der Waals surface area (Å²) < 4.78 is 0. The van der Waals surface area contributed by atoms with E-state index in [0.717, 1.165) is 5.56 Å². The summed E-state index contributed by atoms with van der Waals surface area (Å²) in [4.78, 5) is 0. The van der Waals surface area contributed by atoms with Crippen molar-refractivity contribution in [2.24, 2.45) is 5.10 Å². The van der Waals surface area contributed by atoms with Gasteiger partial charge in [-0.15, -0.1) is 0 Å². The maximum absolute atomic E-state index is 7.86. The molecule has 15 heavy (non-hydrogen) atoms. The molecule has 1 rings (SSSR count). The number of benzene rings is 1. The maximum Gasteiger partial charge on any atom is 0.148 e. The van der Waals surface area contributed by atoms with Gasteiger partial charge in [0.25, 0.3) is 0 Å². The molecule has 0 aromatic heterocycles. The lowest BCUT2D eigenvalue weighted by molar-refractivity contribution is 0.545. The molecule has 3 nitrogen and oxygen atoms in total. The Kier molecular flexibility index (Phi) is 4.29. The molecule has 0 saturated carbocycles. The number of hydrazone groups is 1. The van der Waals surface area contributed by atoms with Crippen LogP contribution in [-0.4, -0.2) is 24.1 Å². The van der Waals surface area contributed by atoms with E-state index in [-0.39, 0.29) is 0 Å². The monoisotopic (exact) mass is 201 g/mol. The highest BCUT2D eigenvalue weighted by atomic mass is 15.4. The van der Waals surface area contributed by atoms with Crippen LogP contribution in [0.5, 0.6) is 0 Å². The number of hydrogen-bond acceptors (Lipinski definition) is 2. The second kappa shape index (κ2) is 5.75. The van der Waals surface area contributed by atoms with Gasteiger partial charge in [0.2, 0.25) is 0 Å².